The van der Waals surface area contributed by atoms with Gasteiger partial charge in [-0.3, -0.25) is 5.10 Å². The van der Waals surface area contributed by atoms with Gasteiger partial charge in [0.25, 0.3) is 0 Å². The van der Waals surface area contributed by atoms with Crippen LogP contribution in [0, 0.1) is 6.92 Å². The van der Waals surface area contributed by atoms with Gasteiger partial charge in [-0.1, -0.05) is 0 Å². The van der Waals surface area contributed by atoms with Crippen LogP contribution in [0.1, 0.15) is 21.7 Å². The van der Waals surface area contributed by atoms with E-state index in [9.17, 15) is 9.59 Å². The molecule has 3 aromatic rings. The number of rotatable bonds is 4. The molecule has 2 aromatic heterocycles. The number of aromatic amines is 2. The Balaban J connectivity index is 1.74. The van der Waals surface area contributed by atoms with Crippen LogP contribution in [0.5, 0.6) is 0 Å². The lowest BCUT2D eigenvalue weighted by Crippen LogP contribution is -2.28. The van der Waals surface area contributed by atoms with E-state index in [2.05, 4.69) is 25.8 Å². The van der Waals surface area contributed by atoms with Gasteiger partial charge < -0.3 is 20.4 Å². The summed E-state index contributed by atoms with van der Waals surface area (Å²) in [6, 6.07) is 6.57. The van der Waals surface area contributed by atoms with Gasteiger partial charge in [-0.15, -0.1) is 0 Å². The molecule has 0 radical (unpaired) electrons. The summed E-state index contributed by atoms with van der Waals surface area (Å²) in [4.78, 5) is 27.0. The van der Waals surface area contributed by atoms with E-state index in [1.807, 2.05) is 13.0 Å². The zero-order valence-corrected chi connectivity index (χ0v) is 13.3. The largest absolute Gasteiger partial charge is 0.465 e. The molecule has 0 unspecified atom stereocenters. The highest BCUT2D eigenvalue weighted by Crippen LogP contribution is 2.24. The quantitative estimate of drug-likeness (QED) is 0.551. The van der Waals surface area contributed by atoms with Crippen LogP contribution in [-0.2, 0) is 11.3 Å². The second kappa shape index (κ2) is 6.45. The first-order valence-electron chi connectivity index (χ1n) is 7.32. The monoisotopic (exact) mass is 327 g/mol. The topological polar surface area (TPSA) is 112 Å². The Kier molecular flexibility index (Phi) is 4.19. The maximum absolute atomic E-state index is 12.0. The average Bonchev–Trinajstić information content (AvgIpc) is 3.20. The van der Waals surface area contributed by atoms with Gasteiger partial charge in [0.05, 0.1) is 24.9 Å². The molecule has 0 aliphatic rings. The third-order valence-corrected chi connectivity index (χ3v) is 3.52. The van der Waals surface area contributed by atoms with Crippen molar-refractivity contribution >= 4 is 28.6 Å². The summed E-state index contributed by atoms with van der Waals surface area (Å²) in [6.45, 7) is 2.18. The molecule has 24 heavy (non-hydrogen) atoms. The Bertz CT molecular complexity index is 896. The highest BCUT2D eigenvalue weighted by atomic mass is 16.5. The van der Waals surface area contributed by atoms with Gasteiger partial charge >= 0.3 is 12.0 Å². The van der Waals surface area contributed by atoms with Gasteiger partial charge in [-0.2, -0.15) is 5.10 Å². The number of fused-ring (bicyclic) bond motifs is 1. The summed E-state index contributed by atoms with van der Waals surface area (Å²) in [5.74, 6) is -0.462. The van der Waals surface area contributed by atoms with Gasteiger partial charge in [-0.05, 0) is 31.2 Å². The molecule has 2 heterocycles. The second-order valence-electron chi connectivity index (χ2n) is 5.30. The van der Waals surface area contributed by atoms with Crippen molar-refractivity contribution in [2.45, 2.75) is 13.5 Å². The van der Waals surface area contributed by atoms with Gasteiger partial charge in [0.15, 0.2) is 0 Å². The average molecular weight is 327 g/mol. The number of methoxy groups -OCH3 is 1. The van der Waals surface area contributed by atoms with E-state index in [1.54, 1.807) is 24.4 Å². The predicted molar refractivity (Wildman–Crippen MR) is 88.8 cm³/mol. The van der Waals surface area contributed by atoms with Crippen LogP contribution >= 0.6 is 0 Å². The summed E-state index contributed by atoms with van der Waals surface area (Å²) in [5.41, 5.74) is 3.26. The minimum Gasteiger partial charge on any atom is -0.465 e. The molecule has 0 saturated carbocycles. The van der Waals surface area contributed by atoms with Crippen LogP contribution in [0.4, 0.5) is 10.5 Å². The van der Waals surface area contributed by atoms with Crippen molar-refractivity contribution in [3.8, 4) is 0 Å². The van der Waals surface area contributed by atoms with E-state index >= 15 is 0 Å². The summed E-state index contributed by atoms with van der Waals surface area (Å²) in [6.07, 6.45) is 1.72. The highest BCUT2D eigenvalue weighted by molar-refractivity contribution is 6.06. The van der Waals surface area contributed by atoms with E-state index in [0.717, 1.165) is 22.3 Å². The Hall–Kier alpha value is -3.29. The van der Waals surface area contributed by atoms with Crippen molar-refractivity contribution in [3.63, 3.8) is 0 Å². The Morgan fingerprint density at radius 3 is 2.83 bits per heavy atom. The Morgan fingerprint density at radius 2 is 2.12 bits per heavy atom. The third kappa shape index (κ3) is 3.22. The van der Waals surface area contributed by atoms with E-state index in [4.69, 9.17) is 4.74 Å². The van der Waals surface area contributed by atoms with Crippen molar-refractivity contribution in [2.75, 3.05) is 12.4 Å². The third-order valence-electron chi connectivity index (χ3n) is 3.52. The summed E-state index contributed by atoms with van der Waals surface area (Å²) >= 11 is 0. The molecule has 8 heteroatoms. The number of nitrogens with one attached hydrogen (secondary N) is 4. The second-order valence-corrected chi connectivity index (χ2v) is 5.30. The van der Waals surface area contributed by atoms with Crippen molar-refractivity contribution in [3.05, 3.63) is 47.4 Å². The number of ether oxygens (including phenoxy) is 1. The number of hydrogen-bond donors (Lipinski definition) is 4. The first-order chi connectivity index (χ1) is 11.6. The van der Waals surface area contributed by atoms with Crippen LogP contribution < -0.4 is 10.6 Å². The molecule has 0 fully saturated rings. The van der Waals surface area contributed by atoms with Crippen LogP contribution in [0.25, 0.3) is 10.9 Å². The molecule has 3 rings (SSSR count). The molecule has 124 valence electrons. The lowest BCUT2D eigenvalue weighted by atomic mass is 10.1. The first kappa shape index (κ1) is 15.6. The van der Waals surface area contributed by atoms with Crippen LogP contribution in [-0.4, -0.2) is 34.3 Å². The lowest BCUT2D eigenvalue weighted by molar-refractivity contribution is 0.0603. The zero-order chi connectivity index (χ0) is 17.1. The van der Waals surface area contributed by atoms with Gasteiger partial charge in [0.2, 0.25) is 0 Å². The highest BCUT2D eigenvalue weighted by Gasteiger charge is 2.14. The molecule has 0 aliphatic carbocycles. The normalized spacial score (nSPS) is 10.6. The number of benzene rings is 1. The molecule has 0 bridgehead atoms. The van der Waals surface area contributed by atoms with Gasteiger partial charge in [-0.25, -0.2) is 9.59 Å². The van der Waals surface area contributed by atoms with Gasteiger partial charge in [0, 0.05) is 28.5 Å². The fourth-order valence-corrected chi connectivity index (χ4v) is 2.43. The molecular weight excluding hydrogens is 310 g/mol. The number of carbonyl (C=O) groups is 2. The van der Waals surface area contributed by atoms with Gasteiger partial charge in [0.1, 0.15) is 0 Å². The lowest BCUT2D eigenvalue weighted by Gasteiger charge is -2.09. The zero-order valence-electron chi connectivity index (χ0n) is 13.3. The van der Waals surface area contributed by atoms with E-state index in [-0.39, 0.29) is 0 Å². The molecular formula is C16H17N5O3. The number of esters is 1. The van der Waals surface area contributed by atoms with Crippen LogP contribution in [0.2, 0.25) is 0 Å². The molecule has 8 nitrogen and oxygen atoms in total. The molecule has 0 atom stereocenters. The fourth-order valence-electron chi connectivity index (χ4n) is 2.43. The maximum Gasteiger partial charge on any atom is 0.338 e. The molecule has 2 amide bonds. The van der Waals surface area contributed by atoms with E-state index in [1.165, 1.54) is 7.11 Å². The molecule has 0 spiro atoms. The van der Waals surface area contributed by atoms with E-state index < -0.39 is 12.0 Å². The minimum atomic E-state index is -0.462. The van der Waals surface area contributed by atoms with Crippen LogP contribution in [0.15, 0.2) is 30.5 Å². The number of anilines is 1. The van der Waals surface area contributed by atoms with Crippen molar-refractivity contribution in [2.24, 2.45) is 0 Å². The predicted octanol–water partition coefficient (Wildman–Crippen LogP) is 2.31. The summed E-state index contributed by atoms with van der Waals surface area (Å²) < 4.78 is 4.79. The number of aryl methyl sites for hydroxylation is 1. The molecule has 0 saturated heterocycles. The number of aromatic nitrogens is 3. The minimum absolute atomic E-state index is 0.296. The number of urea groups is 1. The number of H-pyrrole nitrogens is 2. The Morgan fingerprint density at radius 1 is 1.29 bits per heavy atom. The molecule has 4 N–H and O–H groups in total. The molecule has 1 aromatic carbocycles. The number of amides is 2. The van der Waals surface area contributed by atoms with Crippen molar-refractivity contribution in [1.29, 1.82) is 0 Å². The number of carbonyl (C=O) groups excluding carboxylic acids is 2. The summed E-state index contributed by atoms with van der Waals surface area (Å²) in [5, 5.41) is 13.0. The maximum atomic E-state index is 12.0. The standard InChI is InChI=1S/C16H17N5O3/c1-9-5-11(21-20-9)8-18-16(23)19-10-6-13(15(22)24-2)12-3-4-17-14(12)7-10/h3-7,17H,8H2,1-2H3,(H,20,21)(H2,18,19,23). The summed E-state index contributed by atoms with van der Waals surface area (Å²) in [7, 11) is 1.32. The number of nitrogens with zero attached hydrogens (tertiary/aromatic N) is 1. The van der Waals surface area contributed by atoms with Crippen molar-refractivity contribution < 1.29 is 14.3 Å². The van der Waals surface area contributed by atoms with Crippen LogP contribution in [0.3, 0.4) is 0 Å². The van der Waals surface area contributed by atoms with E-state index in [0.29, 0.717) is 17.8 Å². The fraction of sp³-hybridized carbons (Fsp3) is 0.188. The number of hydrogen-bond acceptors (Lipinski definition) is 4. The SMILES string of the molecule is COC(=O)c1cc(NC(=O)NCc2cc(C)[nH]n2)cc2[nH]ccc12. The van der Waals surface area contributed by atoms with Crippen molar-refractivity contribution in [1.82, 2.24) is 20.5 Å². The Labute approximate surface area is 137 Å². The smallest absolute Gasteiger partial charge is 0.338 e. The first-order valence-corrected chi connectivity index (χ1v) is 7.32. The molecule has 0 aliphatic heterocycles.